The van der Waals surface area contributed by atoms with Crippen molar-refractivity contribution < 1.29 is 9.13 Å². The van der Waals surface area contributed by atoms with Crippen LogP contribution in [0.25, 0.3) is 10.8 Å². The predicted octanol–water partition coefficient (Wildman–Crippen LogP) is 3.50. The van der Waals surface area contributed by atoms with Crippen molar-refractivity contribution in [2.45, 2.75) is 31.8 Å². The Kier molecular flexibility index (Phi) is 5.34. The van der Waals surface area contributed by atoms with Crippen LogP contribution in [-0.2, 0) is 13.5 Å². The number of aromatic amines is 1. The first-order chi connectivity index (χ1) is 15.3. The summed E-state index contributed by atoms with van der Waals surface area (Å²) in [5, 5.41) is 1.69. The van der Waals surface area contributed by atoms with E-state index in [4.69, 9.17) is 16.3 Å². The second-order valence-corrected chi connectivity index (χ2v) is 9.61. The fourth-order valence-electron chi connectivity index (χ4n) is 5.16. The Morgan fingerprint density at radius 3 is 2.81 bits per heavy atom. The van der Waals surface area contributed by atoms with Crippen LogP contribution in [0.15, 0.2) is 46.2 Å². The number of rotatable bonds is 6. The summed E-state index contributed by atoms with van der Waals surface area (Å²) in [6.45, 7) is 2.93. The normalized spacial score (nSPS) is 18.0. The topological polar surface area (TPSA) is 67.3 Å². The Labute approximate surface area is 189 Å². The number of benzene rings is 1. The minimum absolute atomic E-state index is 0.127. The highest BCUT2D eigenvalue weighted by molar-refractivity contribution is 6.35. The molecule has 1 saturated carbocycles. The molecule has 2 fully saturated rings. The number of nitrogens with one attached hydrogen (secondary N) is 1. The van der Waals surface area contributed by atoms with Crippen molar-refractivity contribution in [2.24, 2.45) is 12.5 Å². The molecule has 0 radical (unpaired) electrons. The first-order valence-electron chi connectivity index (χ1n) is 10.9. The maximum atomic E-state index is 13.7. The molecule has 2 aliphatic rings. The van der Waals surface area contributed by atoms with Crippen LogP contribution in [0.5, 0.6) is 5.75 Å². The van der Waals surface area contributed by atoms with Crippen LogP contribution in [0.4, 0.5) is 4.39 Å². The van der Waals surface area contributed by atoms with E-state index in [1.54, 1.807) is 19.3 Å². The van der Waals surface area contributed by atoms with Gasteiger partial charge in [0.25, 0.3) is 5.56 Å². The van der Waals surface area contributed by atoms with Gasteiger partial charge in [-0.25, -0.2) is 4.39 Å². The van der Waals surface area contributed by atoms with E-state index in [0.29, 0.717) is 33.6 Å². The summed E-state index contributed by atoms with van der Waals surface area (Å²) in [5.41, 5.74) is 0.389. The molecule has 168 valence electrons. The number of nitrogens with zero attached hydrogens (tertiary/aromatic N) is 2. The molecule has 3 heterocycles. The molecule has 1 aromatic carbocycles. The van der Waals surface area contributed by atoms with Gasteiger partial charge in [0.15, 0.2) is 0 Å². The van der Waals surface area contributed by atoms with Crippen molar-refractivity contribution in [3.63, 3.8) is 0 Å². The Morgan fingerprint density at radius 1 is 1.25 bits per heavy atom. The van der Waals surface area contributed by atoms with Crippen LogP contribution >= 0.6 is 11.6 Å². The molecule has 0 amide bonds. The minimum Gasteiger partial charge on any atom is -0.490 e. The van der Waals surface area contributed by atoms with Crippen molar-refractivity contribution >= 4 is 22.4 Å². The van der Waals surface area contributed by atoms with Crippen LogP contribution in [0.3, 0.4) is 0 Å². The molecule has 1 N–H and O–H groups in total. The first kappa shape index (κ1) is 21.2. The molecule has 0 unspecified atom stereocenters. The number of aromatic nitrogens is 2. The monoisotopic (exact) mass is 457 g/mol. The summed E-state index contributed by atoms with van der Waals surface area (Å²) in [7, 11) is 1.71. The summed E-state index contributed by atoms with van der Waals surface area (Å²) in [6.07, 6.45) is 6.36. The molecule has 0 bridgehead atoms. The average Bonchev–Trinajstić information content (AvgIpc) is 2.71. The SMILES string of the molecule is Cn1ccc2c(OC3CC4(C3)CN(CCCc3cc(=O)[nH]cc3F)C4)ccc(Cl)c2c1=O. The van der Waals surface area contributed by atoms with Gasteiger partial charge in [0.1, 0.15) is 11.6 Å². The summed E-state index contributed by atoms with van der Waals surface area (Å²) < 4.78 is 21.5. The van der Waals surface area contributed by atoms with E-state index in [1.165, 1.54) is 10.6 Å². The Morgan fingerprint density at radius 2 is 2.03 bits per heavy atom. The molecule has 8 heteroatoms. The van der Waals surface area contributed by atoms with E-state index in [2.05, 4.69) is 9.88 Å². The van der Waals surface area contributed by atoms with E-state index in [-0.39, 0.29) is 23.0 Å². The molecule has 0 atom stereocenters. The zero-order chi connectivity index (χ0) is 22.5. The third kappa shape index (κ3) is 3.84. The summed E-state index contributed by atoms with van der Waals surface area (Å²) in [4.78, 5) is 28.5. The second kappa shape index (κ2) is 8.05. The maximum Gasteiger partial charge on any atom is 0.259 e. The lowest BCUT2D eigenvalue weighted by Crippen LogP contribution is -2.64. The standard InChI is InChI=1S/C24H25ClFN3O3/c1-28-8-6-17-20(5-4-18(25)22(17)23(28)31)32-16-10-24(11-16)13-29(14-24)7-2-3-15-9-21(30)27-12-19(15)26/h4-6,8-9,12,16H,2-3,7,10-11,13-14H2,1H3,(H,27,30). The van der Waals surface area contributed by atoms with Gasteiger partial charge in [-0.15, -0.1) is 0 Å². The van der Waals surface area contributed by atoms with Crippen molar-refractivity contribution in [1.82, 2.24) is 14.5 Å². The zero-order valence-electron chi connectivity index (χ0n) is 17.9. The smallest absolute Gasteiger partial charge is 0.259 e. The molecule has 3 aromatic rings. The summed E-state index contributed by atoms with van der Waals surface area (Å²) in [5.74, 6) is 0.356. The molecule has 5 rings (SSSR count). The Bertz CT molecular complexity index is 1290. The van der Waals surface area contributed by atoms with E-state index in [9.17, 15) is 14.0 Å². The zero-order valence-corrected chi connectivity index (χ0v) is 18.6. The summed E-state index contributed by atoms with van der Waals surface area (Å²) in [6, 6.07) is 6.79. The highest BCUT2D eigenvalue weighted by atomic mass is 35.5. The van der Waals surface area contributed by atoms with Crippen LogP contribution in [0.1, 0.15) is 24.8 Å². The Balaban J connectivity index is 1.13. The van der Waals surface area contributed by atoms with Crippen LogP contribution < -0.4 is 15.9 Å². The first-order valence-corrected chi connectivity index (χ1v) is 11.3. The lowest BCUT2D eigenvalue weighted by Gasteiger charge is -2.58. The molecular weight excluding hydrogens is 433 g/mol. The van der Waals surface area contributed by atoms with E-state index in [1.807, 2.05) is 12.1 Å². The van der Waals surface area contributed by atoms with Crippen molar-refractivity contribution in [2.75, 3.05) is 19.6 Å². The number of hydrogen-bond acceptors (Lipinski definition) is 4. The number of H-pyrrole nitrogens is 1. The lowest BCUT2D eigenvalue weighted by molar-refractivity contribution is -0.118. The lowest BCUT2D eigenvalue weighted by atomic mass is 9.61. The second-order valence-electron chi connectivity index (χ2n) is 9.20. The number of ether oxygens (including phenoxy) is 1. The predicted molar refractivity (Wildman–Crippen MR) is 122 cm³/mol. The number of likely N-dealkylation sites (tertiary alicyclic amines) is 1. The average molecular weight is 458 g/mol. The van der Waals surface area contributed by atoms with Gasteiger partial charge in [-0.2, -0.15) is 0 Å². The van der Waals surface area contributed by atoms with Crippen LogP contribution in [-0.4, -0.2) is 40.2 Å². The van der Waals surface area contributed by atoms with Gasteiger partial charge in [-0.1, -0.05) is 11.6 Å². The summed E-state index contributed by atoms with van der Waals surface area (Å²) >= 11 is 6.27. The quantitative estimate of drug-likeness (QED) is 0.615. The van der Waals surface area contributed by atoms with Crippen molar-refractivity contribution in [3.8, 4) is 5.75 Å². The van der Waals surface area contributed by atoms with Crippen molar-refractivity contribution in [1.29, 1.82) is 0 Å². The minimum atomic E-state index is -0.351. The van der Waals surface area contributed by atoms with Gasteiger partial charge in [0.2, 0.25) is 5.56 Å². The highest BCUT2D eigenvalue weighted by Gasteiger charge is 2.53. The van der Waals surface area contributed by atoms with Crippen LogP contribution in [0, 0.1) is 11.2 Å². The third-order valence-electron chi connectivity index (χ3n) is 6.76. The Hall–Kier alpha value is -2.64. The van der Waals surface area contributed by atoms with Gasteiger partial charge >= 0.3 is 0 Å². The fourth-order valence-corrected chi connectivity index (χ4v) is 5.40. The molecule has 1 spiro atoms. The maximum absolute atomic E-state index is 13.7. The molecule has 2 aromatic heterocycles. The third-order valence-corrected chi connectivity index (χ3v) is 7.08. The van der Waals surface area contributed by atoms with Gasteiger partial charge in [0, 0.05) is 49.4 Å². The highest BCUT2D eigenvalue weighted by Crippen LogP contribution is 2.50. The number of fused-ring (bicyclic) bond motifs is 1. The molecule has 6 nitrogen and oxygen atoms in total. The molecule has 1 aliphatic heterocycles. The number of aryl methyl sites for hydroxylation is 2. The van der Waals surface area contributed by atoms with Gasteiger partial charge in [0.05, 0.1) is 16.5 Å². The van der Waals surface area contributed by atoms with Gasteiger partial charge < -0.3 is 19.2 Å². The largest absolute Gasteiger partial charge is 0.490 e. The number of hydrogen-bond donors (Lipinski definition) is 1. The van der Waals surface area contributed by atoms with E-state index < -0.39 is 0 Å². The van der Waals surface area contributed by atoms with Gasteiger partial charge in [-0.3, -0.25) is 9.59 Å². The van der Waals surface area contributed by atoms with Gasteiger partial charge in [-0.05, 0) is 56.0 Å². The number of pyridine rings is 2. The fraction of sp³-hybridized carbons (Fsp3) is 0.417. The van der Waals surface area contributed by atoms with Crippen molar-refractivity contribution in [3.05, 3.63) is 73.8 Å². The van der Waals surface area contributed by atoms with E-state index >= 15 is 0 Å². The molecule has 32 heavy (non-hydrogen) atoms. The van der Waals surface area contributed by atoms with E-state index in [0.717, 1.165) is 50.5 Å². The molecule has 1 saturated heterocycles. The van der Waals surface area contributed by atoms with Crippen LogP contribution in [0.2, 0.25) is 5.02 Å². The molecular formula is C24H25ClFN3O3. The molecule has 1 aliphatic carbocycles. The number of halogens is 2.